The van der Waals surface area contributed by atoms with E-state index in [2.05, 4.69) is 44.5 Å². The summed E-state index contributed by atoms with van der Waals surface area (Å²) in [5.41, 5.74) is 3.60. The van der Waals surface area contributed by atoms with Gasteiger partial charge in [0, 0.05) is 30.8 Å². The van der Waals surface area contributed by atoms with E-state index in [4.69, 9.17) is 13.9 Å². The average molecular weight is 499 g/mol. The predicted molar refractivity (Wildman–Crippen MR) is 146 cm³/mol. The van der Waals surface area contributed by atoms with Crippen molar-refractivity contribution in [2.75, 3.05) is 44.7 Å². The van der Waals surface area contributed by atoms with Crippen LogP contribution in [0, 0.1) is 0 Å². The van der Waals surface area contributed by atoms with Crippen molar-refractivity contribution in [2.24, 2.45) is 0 Å². The summed E-state index contributed by atoms with van der Waals surface area (Å²) in [6.45, 7) is 5.59. The summed E-state index contributed by atoms with van der Waals surface area (Å²) < 4.78 is 18.2. The number of rotatable bonds is 9. The smallest absolute Gasteiger partial charge is 0.232 e. The molecule has 1 unspecified atom stereocenters. The molecule has 2 saturated heterocycles. The third-order valence-electron chi connectivity index (χ3n) is 7.31. The number of ether oxygens (including phenoxy) is 2. The minimum absolute atomic E-state index is 0.207. The first-order chi connectivity index (χ1) is 18.3. The zero-order valence-corrected chi connectivity index (χ0v) is 21.2. The lowest BCUT2D eigenvalue weighted by atomic mass is 9.99. The SMILES string of the molecule is c1ccc(-c2c(-c3ccc(OCCN4CCCCC4)cc3)oc3ncnc(NCC4CCCO4)c23)cc1. The Hall–Kier alpha value is -3.42. The maximum absolute atomic E-state index is 6.38. The zero-order valence-electron chi connectivity index (χ0n) is 21.2. The van der Waals surface area contributed by atoms with Gasteiger partial charge >= 0.3 is 0 Å². The highest BCUT2D eigenvalue weighted by molar-refractivity contribution is 6.05. The van der Waals surface area contributed by atoms with E-state index in [1.54, 1.807) is 6.33 Å². The first kappa shape index (κ1) is 23.9. The normalized spacial score (nSPS) is 18.3. The fraction of sp³-hybridized carbons (Fsp3) is 0.400. The summed E-state index contributed by atoms with van der Waals surface area (Å²) in [7, 11) is 0. The maximum atomic E-state index is 6.38. The van der Waals surface area contributed by atoms with E-state index < -0.39 is 0 Å². The van der Waals surface area contributed by atoms with Gasteiger partial charge in [-0.25, -0.2) is 9.97 Å². The molecule has 2 aromatic carbocycles. The molecule has 0 aliphatic carbocycles. The number of furan rings is 1. The van der Waals surface area contributed by atoms with Crippen LogP contribution in [-0.2, 0) is 4.74 Å². The molecule has 2 aromatic heterocycles. The molecule has 4 aromatic rings. The van der Waals surface area contributed by atoms with E-state index in [0.717, 1.165) is 65.4 Å². The Morgan fingerprint density at radius 1 is 0.919 bits per heavy atom. The van der Waals surface area contributed by atoms with Crippen molar-refractivity contribution in [3.05, 3.63) is 60.9 Å². The molecule has 0 saturated carbocycles. The van der Waals surface area contributed by atoms with Gasteiger partial charge in [-0.3, -0.25) is 4.90 Å². The van der Waals surface area contributed by atoms with Gasteiger partial charge < -0.3 is 19.2 Å². The van der Waals surface area contributed by atoms with E-state index in [0.29, 0.717) is 18.9 Å². The van der Waals surface area contributed by atoms with Crippen LogP contribution in [0.15, 0.2) is 65.3 Å². The van der Waals surface area contributed by atoms with Crippen molar-refractivity contribution >= 4 is 16.9 Å². The minimum Gasteiger partial charge on any atom is -0.492 e. The Kier molecular flexibility index (Phi) is 7.33. The third kappa shape index (κ3) is 5.48. The molecule has 2 fully saturated rings. The van der Waals surface area contributed by atoms with Gasteiger partial charge in [-0.05, 0) is 68.6 Å². The number of fused-ring (bicyclic) bond motifs is 1. The number of hydrogen-bond acceptors (Lipinski definition) is 7. The molecule has 37 heavy (non-hydrogen) atoms. The second-order valence-corrected chi connectivity index (χ2v) is 9.87. The van der Waals surface area contributed by atoms with E-state index in [1.807, 2.05) is 30.3 Å². The van der Waals surface area contributed by atoms with Crippen LogP contribution < -0.4 is 10.1 Å². The topological polar surface area (TPSA) is 72.7 Å². The molecule has 2 aliphatic heterocycles. The van der Waals surface area contributed by atoms with E-state index in [-0.39, 0.29) is 6.10 Å². The molecule has 0 radical (unpaired) electrons. The molecular weight excluding hydrogens is 464 g/mol. The Morgan fingerprint density at radius 2 is 1.76 bits per heavy atom. The van der Waals surface area contributed by atoms with Gasteiger partial charge in [0.2, 0.25) is 5.71 Å². The lowest BCUT2D eigenvalue weighted by Crippen LogP contribution is -2.33. The second kappa shape index (κ2) is 11.3. The van der Waals surface area contributed by atoms with Crippen LogP contribution in [0.4, 0.5) is 5.82 Å². The molecule has 1 N–H and O–H groups in total. The molecule has 1 atom stereocenters. The van der Waals surface area contributed by atoms with E-state index >= 15 is 0 Å². The first-order valence-corrected chi connectivity index (χ1v) is 13.5. The summed E-state index contributed by atoms with van der Waals surface area (Å²) in [6, 6.07) is 18.5. The number of benzene rings is 2. The summed E-state index contributed by atoms with van der Waals surface area (Å²) in [4.78, 5) is 11.6. The Labute approximate surface area is 217 Å². The predicted octanol–water partition coefficient (Wildman–Crippen LogP) is 6.01. The Balaban J connectivity index is 1.27. The summed E-state index contributed by atoms with van der Waals surface area (Å²) in [5.74, 6) is 2.42. The molecule has 0 spiro atoms. The third-order valence-corrected chi connectivity index (χ3v) is 7.31. The van der Waals surface area contributed by atoms with Gasteiger partial charge in [0.25, 0.3) is 0 Å². The number of likely N-dealkylation sites (tertiary alicyclic amines) is 1. The van der Waals surface area contributed by atoms with Crippen molar-refractivity contribution < 1.29 is 13.9 Å². The molecule has 2 aliphatic rings. The van der Waals surface area contributed by atoms with Gasteiger partial charge in [0.1, 0.15) is 30.3 Å². The molecular formula is C30H34N4O3. The molecule has 192 valence electrons. The molecule has 7 heteroatoms. The molecule has 0 amide bonds. The number of nitrogens with one attached hydrogen (secondary N) is 1. The van der Waals surface area contributed by atoms with Crippen molar-refractivity contribution in [3.63, 3.8) is 0 Å². The van der Waals surface area contributed by atoms with Crippen molar-refractivity contribution in [1.29, 1.82) is 0 Å². The summed E-state index contributed by atoms with van der Waals surface area (Å²) in [5, 5.41) is 4.40. The summed E-state index contributed by atoms with van der Waals surface area (Å²) >= 11 is 0. The fourth-order valence-electron chi connectivity index (χ4n) is 5.34. The van der Waals surface area contributed by atoms with Crippen LogP contribution in [0.5, 0.6) is 5.75 Å². The number of piperidine rings is 1. The highest BCUT2D eigenvalue weighted by Gasteiger charge is 2.23. The van der Waals surface area contributed by atoms with Crippen LogP contribution in [0.3, 0.4) is 0 Å². The number of hydrogen-bond donors (Lipinski definition) is 1. The number of anilines is 1. The first-order valence-electron chi connectivity index (χ1n) is 13.5. The molecule has 4 heterocycles. The van der Waals surface area contributed by atoms with Crippen LogP contribution in [0.25, 0.3) is 33.6 Å². The lowest BCUT2D eigenvalue weighted by molar-refractivity contribution is 0.120. The largest absolute Gasteiger partial charge is 0.492 e. The average Bonchev–Trinajstić information content (AvgIpc) is 3.62. The zero-order chi connectivity index (χ0) is 24.9. The highest BCUT2D eigenvalue weighted by atomic mass is 16.5. The highest BCUT2D eigenvalue weighted by Crippen LogP contribution is 2.42. The van der Waals surface area contributed by atoms with Crippen molar-refractivity contribution in [2.45, 2.75) is 38.2 Å². The van der Waals surface area contributed by atoms with Crippen molar-refractivity contribution in [3.8, 4) is 28.2 Å². The van der Waals surface area contributed by atoms with Crippen LogP contribution >= 0.6 is 0 Å². The van der Waals surface area contributed by atoms with Gasteiger partial charge in [-0.15, -0.1) is 0 Å². The Bertz CT molecular complexity index is 1290. The minimum atomic E-state index is 0.207. The standard InChI is InChI=1S/C30H34N4O3/c1-3-8-22(9-4-1)26-27-29(31-20-25-10-7-18-35-25)32-21-33-30(27)37-28(26)23-11-13-24(14-12-23)36-19-17-34-15-5-2-6-16-34/h1,3-4,8-9,11-14,21,25H,2,5-7,10,15-20H2,(H,31,32,33). The maximum Gasteiger partial charge on any atom is 0.232 e. The van der Waals surface area contributed by atoms with E-state index in [9.17, 15) is 0 Å². The molecule has 0 bridgehead atoms. The number of aromatic nitrogens is 2. The van der Waals surface area contributed by atoms with Gasteiger partial charge in [-0.2, -0.15) is 0 Å². The van der Waals surface area contributed by atoms with E-state index in [1.165, 1.54) is 32.4 Å². The monoisotopic (exact) mass is 498 g/mol. The van der Waals surface area contributed by atoms with Crippen LogP contribution in [-0.4, -0.2) is 60.4 Å². The van der Waals surface area contributed by atoms with Crippen LogP contribution in [0.1, 0.15) is 32.1 Å². The Morgan fingerprint density at radius 3 is 2.54 bits per heavy atom. The molecule has 6 rings (SSSR count). The second-order valence-electron chi connectivity index (χ2n) is 9.87. The number of nitrogens with zero attached hydrogens (tertiary/aromatic N) is 3. The van der Waals surface area contributed by atoms with Gasteiger partial charge in [0.15, 0.2) is 0 Å². The fourth-order valence-corrected chi connectivity index (χ4v) is 5.34. The quantitative estimate of drug-likeness (QED) is 0.303. The lowest BCUT2D eigenvalue weighted by Gasteiger charge is -2.26. The van der Waals surface area contributed by atoms with Gasteiger partial charge in [0.05, 0.1) is 11.5 Å². The van der Waals surface area contributed by atoms with Gasteiger partial charge in [-0.1, -0.05) is 36.8 Å². The van der Waals surface area contributed by atoms with Crippen LogP contribution in [0.2, 0.25) is 0 Å². The molecule has 7 nitrogen and oxygen atoms in total. The van der Waals surface area contributed by atoms with Crippen molar-refractivity contribution in [1.82, 2.24) is 14.9 Å². The summed E-state index contributed by atoms with van der Waals surface area (Å²) in [6.07, 6.45) is 7.88.